The maximum Gasteiger partial charge on any atom is 0.171 e. The van der Waals surface area contributed by atoms with Gasteiger partial charge in [-0.1, -0.05) is 0 Å². The van der Waals surface area contributed by atoms with E-state index in [-0.39, 0.29) is 21.5 Å². The second kappa shape index (κ2) is 5.51. The van der Waals surface area contributed by atoms with Gasteiger partial charge >= 0.3 is 0 Å². The van der Waals surface area contributed by atoms with Gasteiger partial charge in [0.05, 0.1) is 15.9 Å². The monoisotopic (exact) mass is 338 g/mol. The molecule has 1 heterocycles. The molecule has 0 spiro atoms. The fourth-order valence-corrected chi connectivity index (χ4v) is 1.89. The summed E-state index contributed by atoms with van der Waals surface area (Å²) in [6.07, 6.45) is 0. The minimum Gasteiger partial charge on any atom is -0.335 e. The molecule has 4 nitrogen and oxygen atoms in total. The van der Waals surface area contributed by atoms with Gasteiger partial charge in [-0.05, 0) is 41.4 Å². The Hall–Kier alpha value is -2.07. The first-order valence-electron chi connectivity index (χ1n) is 5.59. The number of halogens is 3. The second-order valence-corrected chi connectivity index (χ2v) is 4.97. The number of benzene rings is 1. The average molecular weight is 339 g/mol. The molecule has 0 bridgehead atoms. The Morgan fingerprint density at radius 3 is 2.55 bits per heavy atom. The molecular formula is C13H9BrF2N4. The van der Waals surface area contributed by atoms with Crippen LogP contribution in [0, 0.1) is 36.8 Å². The van der Waals surface area contributed by atoms with Crippen LogP contribution in [0.5, 0.6) is 0 Å². The lowest BCUT2D eigenvalue weighted by molar-refractivity contribution is 0.597. The van der Waals surface area contributed by atoms with Crippen LogP contribution in [-0.2, 0) is 0 Å². The van der Waals surface area contributed by atoms with Crippen LogP contribution in [0.2, 0.25) is 0 Å². The standard InChI is InChI=1S/C13H9BrF2N4/c1-6-7(2)19-20-13(8(6)5-17)18-12-4-10(15)9(14)3-11(12)16/h3-4H,1-2H3,(H,18,20). The van der Waals surface area contributed by atoms with Crippen molar-refractivity contribution in [1.82, 2.24) is 10.2 Å². The molecule has 0 saturated carbocycles. The molecule has 7 heteroatoms. The number of aromatic nitrogens is 2. The Morgan fingerprint density at radius 2 is 1.90 bits per heavy atom. The second-order valence-electron chi connectivity index (χ2n) is 4.12. The number of nitrogens with zero attached hydrogens (tertiary/aromatic N) is 3. The average Bonchev–Trinajstić information content (AvgIpc) is 2.40. The van der Waals surface area contributed by atoms with Crippen molar-refractivity contribution in [1.29, 1.82) is 5.26 Å². The highest BCUT2D eigenvalue weighted by molar-refractivity contribution is 9.10. The van der Waals surface area contributed by atoms with Crippen LogP contribution >= 0.6 is 15.9 Å². The van der Waals surface area contributed by atoms with Crippen molar-refractivity contribution < 1.29 is 8.78 Å². The van der Waals surface area contributed by atoms with Crippen LogP contribution in [-0.4, -0.2) is 10.2 Å². The van der Waals surface area contributed by atoms with Crippen molar-refractivity contribution in [2.75, 3.05) is 5.32 Å². The fourth-order valence-electron chi connectivity index (χ4n) is 1.58. The van der Waals surface area contributed by atoms with Gasteiger partial charge in [0.2, 0.25) is 0 Å². The maximum atomic E-state index is 13.7. The number of aryl methyl sites for hydroxylation is 1. The molecule has 102 valence electrons. The van der Waals surface area contributed by atoms with Gasteiger partial charge in [-0.25, -0.2) is 8.78 Å². The Morgan fingerprint density at radius 1 is 1.20 bits per heavy atom. The Balaban J connectivity index is 2.49. The number of nitrogens with one attached hydrogen (secondary N) is 1. The molecule has 1 aromatic heterocycles. The number of hydrogen-bond donors (Lipinski definition) is 1. The van der Waals surface area contributed by atoms with Crippen LogP contribution in [0.25, 0.3) is 0 Å². The van der Waals surface area contributed by atoms with E-state index in [0.717, 1.165) is 12.1 Å². The quantitative estimate of drug-likeness (QED) is 0.847. The lowest BCUT2D eigenvalue weighted by Gasteiger charge is -2.10. The third kappa shape index (κ3) is 2.60. The summed E-state index contributed by atoms with van der Waals surface area (Å²) in [4.78, 5) is 0. The predicted molar refractivity (Wildman–Crippen MR) is 73.6 cm³/mol. The normalized spacial score (nSPS) is 10.2. The molecular weight excluding hydrogens is 330 g/mol. The lowest BCUT2D eigenvalue weighted by atomic mass is 10.1. The summed E-state index contributed by atoms with van der Waals surface area (Å²) in [6.45, 7) is 3.43. The number of rotatable bonds is 2. The van der Waals surface area contributed by atoms with Crippen LogP contribution in [0.4, 0.5) is 20.3 Å². The van der Waals surface area contributed by atoms with E-state index >= 15 is 0 Å². The summed E-state index contributed by atoms with van der Waals surface area (Å²) in [5, 5.41) is 19.4. The number of nitriles is 1. The first-order chi connectivity index (χ1) is 9.43. The highest BCUT2D eigenvalue weighted by Gasteiger charge is 2.14. The van der Waals surface area contributed by atoms with Gasteiger partial charge in [-0.3, -0.25) is 0 Å². The first-order valence-corrected chi connectivity index (χ1v) is 6.39. The summed E-state index contributed by atoms with van der Waals surface area (Å²) in [6, 6.07) is 3.96. The van der Waals surface area contributed by atoms with E-state index in [1.54, 1.807) is 13.8 Å². The lowest BCUT2D eigenvalue weighted by Crippen LogP contribution is -2.05. The summed E-state index contributed by atoms with van der Waals surface area (Å²) < 4.78 is 27.2. The topological polar surface area (TPSA) is 61.6 Å². The van der Waals surface area contributed by atoms with E-state index in [2.05, 4.69) is 31.4 Å². The molecule has 2 aromatic rings. The van der Waals surface area contributed by atoms with Crippen molar-refractivity contribution in [3.05, 3.63) is 45.1 Å². The van der Waals surface area contributed by atoms with Gasteiger partial charge in [0.25, 0.3) is 0 Å². The van der Waals surface area contributed by atoms with Crippen LogP contribution in [0.3, 0.4) is 0 Å². The van der Waals surface area contributed by atoms with Gasteiger partial charge in [-0.2, -0.15) is 10.4 Å². The minimum absolute atomic E-state index is 0.0206. The Kier molecular flexibility index (Phi) is 3.95. The maximum absolute atomic E-state index is 13.7. The highest BCUT2D eigenvalue weighted by atomic mass is 79.9. The van der Waals surface area contributed by atoms with Crippen molar-refractivity contribution >= 4 is 27.4 Å². The highest BCUT2D eigenvalue weighted by Crippen LogP contribution is 2.27. The van der Waals surface area contributed by atoms with Gasteiger partial charge < -0.3 is 5.32 Å². The molecule has 0 radical (unpaired) electrons. The van der Waals surface area contributed by atoms with Crippen LogP contribution in [0.15, 0.2) is 16.6 Å². The predicted octanol–water partition coefficient (Wildman–Crippen LogP) is 3.75. The molecule has 1 N–H and O–H groups in total. The van der Waals surface area contributed by atoms with E-state index in [1.807, 2.05) is 6.07 Å². The summed E-state index contributed by atoms with van der Waals surface area (Å²) >= 11 is 2.89. The van der Waals surface area contributed by atoms with E-state index in [0.29, 0.717) is 11.3 Å². The third-order valence-corrected chi connectivity index (χ3v) is 3.44. The molecule has 0 aliphatic rings. The SMILES string of the molecule is Cc1nnc(Nc2cc(F)c(Br)cc2F)c(C#N)c1C. The number of hydrogen-bond acceptors (Lipinski definition) is 4. The fraction of sp³-hybridized carbons (Fsp3) is 0.154. The van der Waals surface area contributed by atoms with Crippen LogP contribution in [0.1, 0.15) is 16.8 Å². The van der Waals surface area contributed by atoms with Crippen molar-refractivity contribution in [3.8, 4) is 6.07 Å². The Bertz CT molecular complexity index is 725. The summed E-state index contributed by atoms with van der Waals surface area (Å²) in [5.41, 5.74) is 1.39. The van der Waals surface area contributed by atoms with E-state index in [1.165, 1.54) is 0 Å². The van der Waals surface area contributed by atoms with Gasteiger partial charge in [0.1, 0.15) is 23.3 Å². The van der Waals surface area contributed by atoms with Gasteiger partial charge in [0, 0.05) is 6.07 Å². The molecule has 2 rings (SSSR count). The molecule has 20 heavy (non-hydrogen) atoms. The van der Waals surface area contributed by atoms with Crippen molar-refractivity contribution in [2.24, 2.45) is 0 Å². The molecule has 0 aliphatic carbocycles. The third-order valence-electron chi connectivity index (χ3n) is 2.83. The molecule has 1 aromatic carbocycles. The summed E-state index contributed by atoms with van der Waals surface area (Å²) in [5.74, 6) is -1.19. The minimum atomic E-state index is -0.665. The van der Waals surface area contributed by atoms with Gasteiger partial charge in [0.15, 0.2) is 5.82 Å². The van der Waals surface area contributed by atoms with Crippen molar-refractivity contribution in [2.45, 2.75) is 13.8 Å². The largest absolute Gasteiger partial charge is 0.335 e. The zero-order chi connectivity index (χ0) is 14.9. The molecule has 0 fully saturated rings. The van der Waals surface area contributed by atoms with Gasteiger partial charge in [-0.15, -0.1) is 5.10 Å². The zero-order valence-corrected chi connectivity index (χ0v) is 12.2. The summed E-state index contributed by atoms with van der Waals surface area (Å²) in [7, 11) is 0. The van der Waals surface area contributed by atoms with E-state index in [4.69, 9.17) is 5.26 Å². The van der Waals surface area contributed by atoms with Crippen LogP contribution < -0.4 is 5.32 Å². The van der Waals surface area contributed by atoms with E-state index < -0.39 is 11.6 Å². The molecule has 0 aliphatic heterocycles. The molecule has 0 atom stereocenters. The Labute approximate surface area is 122 Å². The number of anilines is 2. The zero-order valence-electron chi connectivity index (χ0n) is 10.6. The smallest absolute Gasteiger partial charge is 0.171 e. The molecule has 0 saturated heterocycles. The molecule has 0 amide bonds. The van der Waals surface area contributed by atoms with Crippen molar-refractivity contribution in [3.63, 3.8) is 0 Å². The molecule has 0 unspecified atom stereocenters. The van der Waals surface area contributed by atoms with E-state index in [9.17, 15) is 8.78 Å². The first kappa shape index (κ1) is 14.3.